The second-order valence-corrected chi connectivity index (χ2v) is 3.83. The van der Waals surface area contributed by atoms with Crippen LogP contribution in [-0.4, -0.2) is 36.2 Å². The number of nitrogen functional groups attached to an aromatic ring is 1. The molecule has 0 aromatic heterocycles. The molecule has 4 heteroatoms. The summed E-state index contributed by atoms with van der Waals surface area (Å²) in [6.07, 6.45) is -0.507. The second-order valence-electron chi connectivity index (χ2n) is 3.83. The second kappa shape index (κ2) is 4.61. The summed E-state index contributed by atoms with van der Waals surface area (Å²) in [4.78, 5) is 2.06. The van der Waals surface area contributed by atoms with E-state index in [2.05, 4.69) is 10.2 Å². The largest absolute Gasteiger partial charge is 0.399 e. The van der Waals surface area contributed by atoms with E-state index >= 15 is 0 Å². The van der Waals surface area contributed by atoms with E-state index in [0.29, 0.717) is 0 Å². The third-order valence-electron chi connectivity index (χ3n) is 2.73. The maximum atomic E-state index is 10.1. The Morgan fingerprint density at radius 2 is 1.80 bits per heavy atom. The number of piperazine rings is 1. The van der Waals surface area contributed by atoms with E-state index in [1.54, 1.807) is 0 Å². The van der Waals surface area contributed by atoms with Gasteiger partial charge in [-0.25, -0.2) is 0 Å². The minimum Gasteiger partial charge on any atom is -0.399 e. The lowest BCUT2D eigenvalue weighted by atomic mass is 10.1. The normalized spacial score (nSPS) is 20.1. The fourth-order valence-electron chi connectivity index (χ4n) is 1.81. The van der Waals surface area contributed by atoms with E-state index in [9.17, 15) is 5.11 Å². The summed E-state index contributed by atoms with van der Waals surface area (Å²) in [6.45, 7) is 3.63. The molecular weight excluding hydrogens is 190 g/mol. The summed E-state index contributed by atoms with van der Waals surface area (Å²) in [5, 5.41) is 13.4. The van der Waals surface area contributed by atoms with Crippen molar-refractivity contribution in [2.75, 3.05) is 31.9 Å². The molecule has 1 aromatic carbocycles. The van der Waals surface area contributed by atoms with Gasteiger partial charge in [0.25, 0.3) is 0 Å². The zero-order valence-corrected chi connectivity index (χ0v) is 8.69. The van der Waals surface area contributed by atoms with Gasteiger partial charge in [-0.05, 0) is 17.7 Å². The predicted octanol–water partition coefficient (Wildman–Crippen LogP) is 0.165. The van der Waals surface area contributed by atoms with Crippen molar-refractivity contribution >= 4 is 5.69 Å². The van der Waals surface area contributed by atoms with Gasteiger partial charge in [-0.3, -0.25) is 4.90 Å². The Hall–Kier alpha value is -1.10. The molecular formula is C11H17N3O. The van der Waals surface area contributed by atoms with Crippen LogP contribution in [0.2, 0.25) is 0 Å². The van der Waals surface area contributed by atoms with E-state index in [0.717, 1.165) is 37.4 Å². The Labute approximate surface area is 89.7 Å². The quantitative estimate of drug-likeness (QED) is 0.605. The van der Waals surface area contributed by atoms with Crippen molar-refractivity contribution < 1.29 is 5.11 Å². The van der Waals surface area contributed by atoms with Crippen LogP contribution in [0.15, 0.2) is 24.3 Å². The Morgan fingerprint density at radius 3 is 2.40 bits per heavy atom. The molecule has 1 unspecified atom stereocenters. The van der Waals surface area contributed by atoms with Gasteiger partial charge in [-0.2, -0.15) is 0 Å². The SMILES string of the molecule is Nc1ccc(C(O)N2CCNCC2)cc1. The standard InChI is InChI=1S/C11H17N3O/c12-10-3-1-9(2-4-10)11(15)14-7-5-13-6-8-14/h1-4,11,13,15H,5-8,12H2. The Morgan fingerprint density at radius 1 is 1.20 bits per heavy atom. The highest BCUT2D eigenvalue weighted by atomic mass is 16.3. The minimum atomic E-state index is -0.507. The van der Waals surface area contributed by atoms with Crippen molar-refractivity contribution in [1.29, 1.82) is 0 Å². The van der Waals surface area contributed by atoms with Crippen LogP contribution in [0.5, 0.6) is 0 Å². The van der Waals surface area contributed by atoms with Crippen molar-refractivity contribution in [3.63, 3.8) is 0 Å². The molecule has 1 fully saturated rings. The number of hydrogen-bond donors (Lipinski definition) is 3. The average Bonchev–Trinajstić information content (AvgIpc) is 2.30. The molecule has 4 N–H and O–H groups in total. The highest BCUT2D eigenvalue weighted by Gasteiger charge is 2.18. The molecule has 4 nitrogen and oxygen atoms in total. The van der Waals surface area contributed by atoms with Crippen molar-refractivity contribution in [2.45, 2.75) is 6.23 Å². The first-order chi connectivity index (χ1) is 7.27. The third-order valence-corrected chi connectivity index (χ3v) is 2.73. The van der Waals surface area contributed by atoms with Gasteiger partial charge in [0.15, 0.2) is 0 Å². The van der Waals surface area contributed by atoms with Crippen LogP contribution in [0.1, 0.15) is 11.8 Å². The molecule has 1 atom stereocenters. The van der Waals surface area contributed by atoms with Crippen LogP contribution in [0.3, 0.4) is 0 Å². The molecule has 82 valence electrons. The highest BCUT2D eigenvalue weighted by Crippen LogP contribution is 2.18. The van der Waals surface area contributed by atoms with E-state index in [1.165, 1.54) is 0 Å². The molecule has 2 rings (SSSR count). The maximum Gasteiger partial charge on any atom is 0.133 e. The minimum absolute atomic E-state index is 0.507. The fourth-order valence-corrected chi connectivity index (χ4v) is 1.81. The Balaban J connectivity index is 2.05. The Kier molecular flexibility index (Phi) is 3.20. The van der Waals surface area contributed by atoms with E-state index < -0.39 is 6.23 Å². The summed E-state index contributed by atoms with van der Waals surface area (Å²) in [5.74, 6) is 0. The van der Waals surface area contributed by atoms with Crippen LogP contribution >= 0.6 is 0 Å². The molecule has 1 saturated heterocycles. The summed E-state index contributed by atoms with van der Waals surface area (Å²) < 4.78 is 0. The summed E-state index contributed by atoms with van der Waals surface area (Å²) >= 11 is 0. The van der Waals surface area contributed by atoms with Crippen LogP contribution in [0, 0.1) is 0 Å². The number of nitrogens with two attached hydrogens (primary N) is 1. The number of rotatable bonds is 2. The maximum absolute atomic E-state index is 10.1. The molecule has 0 aliphatic carbocycles. The number of nitrogens with one attached hydrogen (secondary N) is 1. The van der Waals surface area contributed by atoms with Crippen LogP contribution < -0.4 is 11.1 Å². The first-order valence-corrected chi connectivity index (χ1v) is 5.25. The molecule has 15 heavy (non-hydrogen) atoms. The number of aliphatic hydroxyl groups is 1. The number of benzene rings is 1. The van der Waals surface area contributed by atoms with E-state index in [4.69, 9.17) is 5.73 Å². The molecule has 1 aromatic rings. The number of aliphatic hydroxyl groups excluding tert-OH is 1. The predicted molar refractivity (Wildman–Crippen MR) is 60.3 cm³/mol. The zero-order chi connectivity index (χ0) is 10.7. The molecule has 1 heterocycles. The van der Waals surface area contributed by atoms with Gasteiger partial charge < -0.3 is 16.2 Å². The van der Waals surface area contributed by atoms with Crippen molar-refractivity contribution in [2.24, 2.45) is 0 Å². The van der Waals surface area contributed by atoms with E-state index in [-0.39, 0.29) is 0 Å². The van der Waals surface area contributed by atoms with Crippen molar-refractivity contribution in [3.05, 3.63) is 29.8 Å². The molecule has 0 saturated carbocycles. The topological polar surface area (TPSA) is 61.5 Å². The lowest BCUT2D eigenvalue weighted by Gasteiger charge is -2.31. The van der Waals surface area contributed by atoms with Crippen LogP contribution in [0.25, 0.3) is 0 Å². The summed E-state index contributed by atoms with van der Waals surface area (Å²) in [5.41, 5.74) is 7.24. The van der Waals surface area contributed by atoms with Crippen LogP contribution in [-0.2, 0) is 0 Å². The van der Waals surface area contributed by atoms with Gasteiger partial charge in [-0.15, -0.1) is 0 Å². The smallest absolute Gasteiger partial charge is 0.133 e. The lowest BCUT2D eigenvalue weighted by molar-refractivity contribution is -0.00544. The molecule has 0 amide bonds. The molecule has 1 aliphatic rings. The third kappa shape index (κ3) is 2.47. The van der Waals surface area contributed by atoms with Gasteiger partial charge in [0.2, 0.25) is 0 Å². The number of hydrogen-bond acceptors (Lipinski definition) is 4. The molecule has 0 radical (unpaired) electrons. The fraction of sp³-hybridized carbons (Fsp3) is 0.455. The number of nitrogens with zero attached hydrogens (tertiary/aromatic N) is 1. The summed E-state index contributed by atoms with van der Waals surface area (Å²) in [6, 6.07) is 7.39. The van der Waals surface area contributed by atoms with Gasteiger partial charge in [0.05, 0.1) is 0 Å². The van der Waals surface area contributed by atoms with Gasteiger partial charge >= 0.3 is 0 Å². The average molecular weight is 207 g/mol. The number of anilines is 1. The van der Waals surface area contributed by atoms with Crippen molar-refractivity contribution in [1.82, 2.24) is 10.2 Å². The Bertz CT molecular complexity index is 306. The summed E-state index contributed by atoms with van der Waals surface area (Å²) in [7, 11) is 0. The van der Waals surface area contributed by atoms with Crippen LogP contribution in [0.4, 0.5) is 5.69 Å². The van der Waals surface area contributed by atoms with Gasteiger partial charge in [0, 0.05) is 31.9 Å². The first-order valence-electron chi connectivity index (χ1n) is 5.25. The lowest BCUT2D eigenvalue weighted by Crippen LogP contribution is -2.45. The van der Waals surface area contributed by atoms with Gasteiger partial charge in [0.1, 0.15) is 6.23 Å². The molecule has 0 spiro atoms. The monoisotopic (exact) mass is 207 g/mol. The van der Waals surface area contributed by atoms with E-state index in [1.807, 2.05) is 24.3 Å². The zero-order valence-electron chi connectivity index (χ0n) is 8.69. The van der Waals surface area contributed by atoms with Gasteiger partial charge in [-0.1, -0.05) is 12.1 Å². The molecule has 0 bridgehead atoms. The highest BCUT2D eigenvalue weighted by molar-refractivity contribution is 5.39. The molecule has 1 aliphatic heterocycles. The van der Waals surface area contributed by atoms with Crippen molar-refractivity contribution in [3.8, 4) is 0 Å². The first kappa shape index (κ1) is 10.4.